The fraction of sp³-hybridized carbons (Fsp3) is 0.250. The van der Waals surface area contributed by atoms with Crippen LogP contribution in [0, 0.1) is 5.41 Å². The van der Waals surface area contributed by atoms with Crippen molar-refractivity contribution in [3.05, 3.63) is 11.5 Å². The van der Waals surface area contributed by atoms with Gasteiger partial charge in [-0.1, -0.05) is 0 Å². The average molecular weight is 102 g/mol. The van der Waals surface area contributed by atoms with Crippen molar-refractivity contribution in [3.63, 3.8) is 0 Å². The van der Waals surface area contributed by atoms with Gasteiger partial charge < -0.3 is 11.1 Å². The lowest BCUT2D eigenvalue weighted by molar-refractivity contribution is 0.671. The van der Waals surface area contributed by atoms with Gasteiger partial charge in [0.1, 0.15) is 0 Å². The highest BCUT2D eigenvalue weighted by Crippen LogP contribution is 1.92. The van der Waals surface area contributed by atoms with Crippen LogP contribution in [-0.4, -0.2) is 6.21 Å². The summed E-state index contributed by atoms with van der Waals surface area (Å²) < 4.78 is 11.8. The normalized spacial score (nSPS) is 12.9. The molecule has 0 heterocycles. The standard InChI is InChI=1S/C4H7FN2/c1-3(7)4(5)2-6/h2,6H,7H2,1H3/b4-3+,6-2?. The molecule has 3 N–H and O–H groups in total. The highest BCUT2D eigenvalue weighted by molar-refractivity contribution is 5.73. The molecule has 0 amide bonds. The van der Waals surface area contributed by atoms with E-state index < -0.39 is 5.83 Å². The molecule has 2 nitrogen and oxygen atoms in total. The van der Waals surface area contributed by atoms with E-state index in [0.717, 1.165) is 0 Å². The molecule has 0 atom stereocenters. The Morgan fingerprint density at radius 2 is 2.29 bits per heavy atom. The molecular weight excluding hydrogens is 95.1 g/mol. The lowest BCUT2D eigenvalue weighted by Gasteiger charge is -1.85. The van der Waals surface area contributed by atoms with Gasteiger partial charge in [-0.15, -0.1) is 0 Å². The largest absolute Gasteiger partial charge is 0.400 e. The van der Waals surface area contributed by atoms with Crippen LogP contribution in [0.5, 0.6) is 0 Å². The van der Waals surface area contributed by atoms with Gasteiger partial charge in [-0.2, -0.15) is 0 Å². The van der Waals surface area contributed by atoms with Gasteiger partial charge in [0.25, 0.3) is 0 Å². The van der Waals surface area contributed by atoms with Crippen LogP contribution in [0.2, 0.25) is 0 Å². The van der Waals surface area contributed by atoms with Crippen LogP contribution in [0.25, 0.3) is 0 Å². The second-order valence-electron chi connectivity index (χ2n) is 1.18. The molecule has 0 radical (unpaired) electrons. The highest BCUT2D eigenvalue weighted by atomic mass is 19.1. The maximum absolute atomic E-state index is 11.8. The molecule has 3 heteroatoms. The Hall–Kier alpha value is -0.860. The molecular formula is C4H7FN2. The smallest absolute Gasteiger partial charge is 0.159 e. The summed E-state index contributed by atoms with van der Waals surface area (Å²) in [7, 11) is 0. The Bertz CT molecular complexity index is 102. The molecule has 0 fully saturated rings. The molecule has 0 saturated carbocycles. The Balaban J connectivity index is 3.98. The molecule has 0 saturated heterocycles. The van der Waals surface area contributed by atoms with E-state index >= 15 is 0 Å². The monoisotopic (exact) mass is 102 g/mol. The fourth-order valence-electron chi connectivity index (χ4n) is 0.114. The minimum Gasteiger partial charge on any atom is -0.400 e. The summed E-state index contributed by atoms with van der Waals surface area (Å²) in [5, 5.41) is 6.30. The van der Waals surface area contributed by atoms with Crippen molar-refractivity contribution in [3.8, 4) is 0 Å². The lowest BCUT2D eigenvalue weighted by atomic mass is 10.4. The molecule has 0 aromatic rings. The van der Waals surface area contributed by atoms with E-state index in [-0.39, 0.29) is 5.70 Å². The summed E-state index contributed by atoms with van der Waals surface area (Å²) in [6.45, 7) is 1.40. The van der Waals surface area contributed by atoms with E-state index in [1.165, 1.54) is 6.92 Å². The topological polar surface area (TPSA) is 49.9 Å². The molecule has 0 aliphatic carbocycles. The fourth-order valence-corrected chi connectivity index (χ4v) is 0.114. The lowest BCUT2D eigenvalue weighted by Crippen LogP contribution is -1.94. The van der Waals surface area contributed by atoms with Crippen molar-refractivity contribution >= 4 is 6.21 Å². The summed E-state index contributed by atoms with van der Waals surface area (Å²) in [4.78, 5) is 0. The van der Waals surface area contributed by atoms with E-state index in [1.54, 1.807) is 0 Å². The van der Waals surface area contributed by atoms with Crippen LogP contribution in [0.1, 0.15) is 6.92 Å². The summed E-state index contributed by atoms with van der Waals surface area (Å²) in [5.74, 6) is -0.667. The number of allylic oxidation sites excluding steroid dienone is 2. The van der Waals surface area contributed by atoms with E-state index in [0.29, 0.717) is 6.21 Å². The first-order chi connectivity index (χ1) is 3.18. The Labute approximate surface area is 41.3 Å². The van der Waals surface area contributed by atoms with E-state index in [1.807, 2.05) is 0 Å². The molecule has 0 aromatic heterocycles. The van der Waals surface area contributed by atoms with Gasteiger partial charge in [0.05, 0.1) is 6.21 Å². The third-order valence-electron chi connectivity index (χ3n) is 0.503. The number of hydrogen-bond acceptors (Lipinski definition) is 2. The van der Waals surface area contributed by atoms with Gasteiger partial charge in [0.2, 0.25) is 0 Å². The van der Waals surface area contributed by atoms with E-state index in [9.17, 15) is 4.39 Å². The van der Waals surface area contributed by atoms with Gasteiger partial charge in [-0.25, -0.2) is 4.39 Å². The number of hydrogen-bond donors (Lipinski definition) is 2. The van der Waals surface area contributed by atoms with Crippen LogP contribution < -0.4 is 5.73 Å². The number of nitrogens with one attached hydrogen (secondary N) is 1. The predicted molar refractivity (Wildman–Crippen MR) is 26.8 cm³/mol. The minimum atomic E-state index is -0.667. The van der Waals surface area contributed by atoms with Crippen molar-refractivity contribution in [2.75, 3.05) is 0 Å². The van der Waals surface area contributed by atoms with Crippen LogP contribution >= 0.6 is 0 Å². The molecule has 40 valence electrons. The molecule has 0 spiro atoms. The maximum Gasteiger partial charge on any atom is 0.159 e. The zero-order valence-corrected chi connectivity index (χ0v) is 4.03. The Kier molecular flexibility index (Phi) is 2.05. The summed E-state index contributed by atoms with van der Waals surface area (Å²) in [6, 6.07) is 0. The maximum atomic E-state index is 11.8. The first kappa shape index (κ1) is 6.14. The second-order valence-corrected chi connectivity index (χ2v) is 1.18. The molecule has 0 bridgehead atoms. The van der Waals surface area contributed by atoms with Crippen molar-refractivity contribution in [1.82, 2.24) is 0 Å². The number of nitrogens with two attached hydrogens (primary N) is 1. The molecule has 7 heavy (non-hydrogen) atoms. The number of halogens is 1. The summed E-state index contributed by atoms with van der Waals surface area (Å²) >= 11 is 0. The zero-order valence-electron chi connectivity index (χ0n) is 4.03. The molecule has 0 rings (SSSR count). The van der Waals surface area contributed by atoms with Crippen LogP contribution in [-0.2, 0) is 0 Å². The van der Waals surface area contributed by atoms with Gasteiger partial charge in [-0.3, -0.25) is 0 Å². The third-order valence-corrected chi connectivity index (χ3v) is 0.503. The number of rotatable bonds is 1. The van der Waals surface area contributed by atoms with E-state index in [2.05, 4.69) is 0 Å². The third kappa shape index (κ3) is 1.92. The predicted octanol–water partition coefficient (Wildman–Crippen LogP) is 0.796. The van der Waals surface area contributed by atoms with Gasteiger partial charge in [-0.05, 0) is 6.92 Å². The second kappa shape index (κ2) is 2.34. The highest BCUT2D eigenvalue weighted by Gasteiger charge is 1.87. The van der Waals surface area contributed by atoms with Crippen molar-refractivity contribution in [1.29, 1.82) is 5.41 Å². The van der Waals surface area contributed by atoms with E-state index in [4.69, 9.17) is 11.1 Å². The van der Waals surface area contributed by atoms with Gasteiger partial charge >= 0.3 is 0 Å². The Morgan fingerprint density at radius 1 is 1.86 bits per heavy atom. The molecule has 0 aliphatic rings. The van der Waals surface area contributed by atoms with Crippen LogP contribution in [0.4, 0.5) is 4.39 Å². The average Bonchev–Trinajstić information content (AvgIpc) is 1.65. The van der Waals surface area contributed by atoms with Crippen LogP contribution in [0.15, 0.2) is 11.5 Å². The zero-order chi connectivity index (χ0) is 5.86. The van der Waals surface area contributed by atoms with Gasteiger partial charge in [0.15, 0.2) is 5.83 Å². The minimum absolute atomic E-state index is 0.0509. The van der Waals surface area contributed by atoms with Crippen molar-refractivity contribution < 1.29 is 4.39 Å². The molecule has 0 aromatic carbocycles. The first-order valence-electron chi connectivity index (χ1n) is 1.81. The molecule has 0 aliphatic heterocycles. The summed E-state index contributed by atoms with van der Waals surface area (Å²) in [6.07, 6.45) is 0.579. The summed E-state index contributed by atoms with van der Waals surface area (Å²) in [5.41, 5.74) is 4.95. The first-order valence-corrected chi connectivity index (χ1v) is 1.81. The van der Waals surface area contributed by atoms with Crippen molar-refractivity contribution in [2.24, 2.45) is 5.73 Å². The SMILES string of the molecule is C/C(N)=C(\F)C=N. The van der Waals surface area contributed by atoms with Gasteiger partial charge in [0, 0.05) is 5.70 Å². The van der Waals surface area contributed by atoms with Crippen molar-refractivity contribution in [2.45, 2.75) is 6.92 Å². The molecule has 0 unspecified atom stereocenters. The Morgan fingerprint density at radius 3 is 2.29 bits per heavy atom. The van der Waals surface area contributed by atoms with Crippen LogP contribution in [0.3, 0.4) is 0 Å². The quantitative estimate of drug-likeness (QED) is 0.472.